The van der Waals surface area contributed by atoms with Gasteiger partial charge in [0.2, 0.25) is 0 Å². The number of rotatable bonds is 8. The van der Waals surface area contributed by atoms with Crippen LogP contribution in [0.3, 0.4) is 0 Å². The number of para-hydroxylation sites is 3. The van der Waals surface area contributed by atoms with Crippen LogP contribution in [-0.2, 0) is 12.8 Å². The quantitative estimate of drug-likeness (QED) is 0.0890. The Morgan fingerprint density at radius 1 is 0.557 bits per heavy atom. The zero-order chi connectivity index (χ0) is 48.5. The maximum absolute atomic E-state index is 9.60. The van der Waals surface area contributed by atoms with Crippen molar-refractivity contribution in [2.75, 3.05) is 0 Å². The molecule has 6 heteroatoms. The largest absolute Gasteiger partial charge is 0.385 e. The predicted octanol–water partition coefficient (Wildman–Crippen LogP) is 16.7. The third kappa shape index (κ3) is 6.66. The second-order valence-electron chi connectivity index (χ2n) is 18.2. The molecule has 1 aliphatic carbocycles. The van der Waals surface area contributed by atoms with Crippen molar-refractivity contribution >= 4 is 100 Å². The Morgan fingerprint density at radius 3 is 1.57 bits per heavy atom. The zero-order valence-electron chi connectivity index (χ0n) is 40.6. The zero-order valence-corrected chi connectivity index (χ0v) is 40.6. The highest BCUT2D eigenvalue weighted by Crippen LogP contribution is 2.45. The number of aryl methyl sites for hydroxylation is 2. The average Bonchev–Trinajstić information content (AvgIpc) is 4.09. The van der Waals surface area contributed by atoms with E-state index in [4.69, 9.17) is 5.73 Å². The van der Waals surface area contributed by atoms with Crippen molar-refractivity contribution in [2.24, 2.45) is 5.73 Å². The topological polar surface area (TPSA) is 69.6 Å². The third-order valence-corrected chi connectivity index (χ3v) is 14.1. The van der Waals surface area contributed by atoms with E-state index >= 15 is 0 Å². The smallest absolute Gasteiger partial charge is 0.130 e. The fourth-order valence-corrected chi connectivity index (χ4v) is 11.2. The number of nitrogens with one attached hydrogen (secondary N) is 1. The van der Waals surface area contributed by atoms with Crippen LogP contribution in [0, 0.1) is 5.41 Å². The van der Waals surface area contributed by atoms with E-state index in [1.54, 1.807) is 0 Å². The van der Waals surface area contributed by atoms with Crippen LogP contribution in [0.2, 0.25) is 0 Å². The summed E-state index contributed by atoms with van der Waals surface area (Å²) in [6.45, 7) is 22.5. The molecule has 0 radical (unpaired) electrons. The third-order valence-electron chi connectivity index (χ3n) is 14.1. The number of benzene rings is 7. The predicted molar refractivity (Wildman–Crippen MR) is 303 cm³/mol. The molecule has 4 aromatic heterocycles. The van der Waals surface area contributed by atoms with E-state index in [0.717, 1.165) is 95.7 Å². The number of hydrogen-bond acceptors (Lipinski definition) is 2. The molecule has 3 N–H and O–H groups in total. The van der Waals surface area contributed by atoms with E-state index in [1.165, 1.54) is 49.4 Å². The van der Waals surface area contributed by atoms with Crippen molar-refractivity contribution in [3.05, 3.63) is 211 Å². The first-order valence-corrected chi connectivity index (χ1v) is 24.3. The molecule has 0 atom stereocenters. The molecule has 7 aromatic carbocycles. The van der Waals surface area contributed by atoms with Crippen molar-refractivity contribution in [1.82, 2.24) is 18.3 Å². The number of aromatic nitrogens is 4. The lowest BCUT2D eigenvalue weighted by Crippen LogP contribution is -2.09. The highest BCUT2D eigenvalue weighted by atomic mass is 15.1. The monoisotopic (exact) mass is 908 g/mol. The molecule has 1 aliphatic rings. The molecule has 0 saturated carbocycles. The van der Waals surface area contributed by atoms with Gasteiger partial charge in [0.15, 0.2) is 0 Å². The van der Waals surface area contributed by atoms with Gasteiger partial charge in [0.05, 0.1) is 44.3 Å². The van der Waals surface area contributed by atoms with Crippen LogP contribution in [0.1, 0.15) is 57.0 Å². The van der Waals surface area contributed by atoms with E-state index < -0.39 is 0 Å². The molecular formula is C64H56N6. The van der Waals surface area contributed by atoms with Crippen LogP contribution in [0.5, 0.6) is 0 Å². The van der Waals surface area contributed by atoms with Crippen LogP contribution < -0.4 is 5.73 Å². The SMILES string of the molecule is C=C/C(C)=C\C(=N)n1c2ccc(-n3c4ccccc4c4ccccc43)cc2c2cc3c(cc21)-c1cc2c(cc1CC3)c1cc(-n3c(/C=C\C)c(C=C)c4ccccc43)ccc1n2/C(N)=C/C(=C)C.CC. The number of fused-ring (bicyclic) bond motifs is 13. The minimum Gasteiger partial charge on any atom is -0.385 e. The fourth-order valence-electron chi connectivity index (χ4n) is 11.2. The van der Waals surface area contributed by atoms with Gasteiger partial charge < -0.3 is 14.9 Å². The normalized spacial score (nSPS) is 12.9. The van der Waals surface area contributed by atoms with Gasteiger partial charge in [-0.1, -0.05) is 112 Å². The molecule has 6 nitrogen and oxygen atoms in total. The Balaban J connectivity index is 0.00000263. The van der Waals surface area contributed by atoms with Gasteiger partial charge in [-0.25, -0.2) is 0 Å². The molecule has 0 bridgehead atoms. The lowest BCUT2D eigenvalue weighted by atomic mass is 9.84. The Morgan fingerprint density at radius 2 is 1.04 bits per heavy atom. The molecular weight excluding hydrogens is 853 g/mol. The summed E-state index contributed by atoms with van der Waals surface area (Å²) < 4.78 is 9.02. The lowest BCUT2D eigenvalue weighted by molar-refractivity contribution is 0.946. The fraction of sp³-hybridized carbons (Fsp3) is 0.109. The maximum Gasteiger partial charge on any atom is 0.130 e. The Kier molecular flexibility index (Phi) is 10.8. The van der Waals surface area contributed by atoms with Gasteiger partial charge in [0.25, 0.3) is 0 Å². The van der Waals surface area contributed by atoms with Crippen LogP contribution in [-0.4, -0.2) is 24.1 Å². The number of hydrogen-bond donors (Lipinski definition) is 2. The molecule has 11 aromatic rings. The Labute approximate surface area is 408 Å². The van der Waals surface area contributed by atoms with Gasteiger partial charge >= 0.3 is 0 Å². The summed E-state index contributed by atoms with van der Waals surface area (Å²) in [4.78, 5) is 0. The molecule has 0 spiro atoms. The summed E-state index contributed by atoms with van der Waals surface area (Å²) in [5, 5.41) is 17.7. The van der Waals surface area contributed by atoms with E-state index in [1.807, 2.05) is 52.0 Å². The average molecular weight is 909 g/mol. The number of allylic oxidation sites excluding steroid dienone is 6. The van der Waals surface area contributed by atoms with E-state index in [0.29, 0.717) is 11.7 Å². The molecule has 0 saturated heterocycles. The molecule has 0 unspecified atom stereocenters. The van der Waals surface area contributed by atoms with E-state index in [9.17, 15) is 5.41 Å². The summed E-state index contributed by atoms with van der Waals surface area (Å²) in [5.74, 6) is 1.00. The van der Waals surface area contributed by atoms with Crippen LogP contribution in [0.4, 0.5) is 0 Å². The van der Waals surface area contributed by atoms with Crippen LogP contribution >= 0.6 is 0 Å². The van der Waals surface area contributed by atoms with Crippen molar-refractivity contribution in [2.45, 2.75) is 47.5 Å². The van der Waals surface area contributed by atoms with Crippen molar-refractivity contribution in [3.63, 3.8) is 0 Å². The first-order valence-electron chi connectivity index (χ1n) is 24.3. The van der Waals surface area contributed by atoms with Gasteiger partial charge in [-0.05, 0) is 159 Å². The minimum absolute atomic E-state index is 0.389. The molecule has 0 aliphatic heterocycles. The maximum atomic E-state index is 9.60. The number of nitrogens with zero attached hydrogens (tertiary/aromatic N) is 4. The number of nitrogens with two attached hydrogens (primary N) is 1. The van der Waals surface area contributed by atoms with Crippen LogP contribution in [0.25, 0.3) is 117 Å². The second-order valence-corrected chi connectivity index (χ2v) is 18.2. The van der Waals surface area contributed by atoms with E-state index in [-0.39, 0.29) is 0 Å². The van der Waals surface area contributed by atoms with Crippen molar-refractivity contribution in [3.8, 4) is 22.5 Å². The molecule has 0 fully saturated rings. The van der Waals surface area contributed by atoms with Crippen molar-refractivity contribution < 1.29 is 0 Å². The highest BCUT2D eigenvalue weighted by molar-refractivity contribution is 6.18. The summed E-state index contributed by atoms with van der Waals surface area (Å²) in [6.07, 6.45) is 13.7. The Bertz CT molecular complexity index is 4090. The van der Waals surface area contributed by atoms with Crippen LogP contribution in [0.15, 0.2) is 189 Å². The van der Waals surface area contributed by atoms with Gasteiger partial charge in [-0.15, -0.1) is 0 Å². The summed E-state index contributed by atoms with van der Waals surface area (Å²) >= 11 is 0. The molecule has 12 rings (SSSR count). The second kappa shape index (κ2) is 17.2. The van der Waals surface area contributed by atoms with Gasteiger partial charge in [-0.3, -0.25) is 14.5 Å². The molecule has 4 heterocycles. The minimum atomic E-state index is 0.389. The standard InChI is InChI=1S/C62H50N6.C2H6/c1-7-16-53-43(9-3)44-17-10-13-20-54(44)65(53)41-25-27-57-51(33-41)49-31-39-23-24-40-32-50-52-34-42(66-55-21-14-11-18-45(55)46-19-12-15-22-56(46)66)26-28-58(52)68(62(64)30-38(6)8-2)60(50)36-48(40)47(39)35-59(49)67(57)61(63)29-37(4)5;1-2/h7-22,25-36,64H,2-4,23-24,63H2,1,5-6H3;1-2H3/b16-7-,38-30-,61-29+,64-62?;. The first-order chi connectivity index (χ1) is 34.2. The summed E-state index contributed by atoms with van der Waals surface area (Å²) in [6, 6.07) is 48.7. The van der Waals surface area contributed by atoms with E-state index in [2.05, 4.69) is 191 Å². The Hall–Kier alpha value is -8.61. The summed E-state index contributed by atoms with van der Waals surface area (Å²) in [7, 11) is 0. The van der Waals surface area contributed by atoms with Gasteiger partial charge in [0.1, 0.15) is 11.7 Å². The van der Waals surface area contributed by atoms with Gasteiger partial charge in [-0.2, -0.15) is 0 Å². The van der Waals surface area contributed by atoms with Gasteiger partial charge in [0, 0.05) is 54.6 Å². The van der Waals surface area contributed by atoms with Crippen molar-refractivity contribution in [1.29, 1.82) is 5.41 Å². The highest BCUT2D eigenvalue weighted by Gasteiger charge is 2.25. The molecule has 0 amide bonds. The molecule has 342 valence electrons. The summed E-state index contributed by atoms with van der Waals surface area (Å²) in [5.41, 5.74) is 25.7. The lowest BCUT2D eigenvalue weighted by Gasteiger charge is -2.21. The first kappa shape index (κ1) is 43.9. The molecule has 70 heavy (non-hydrogen) atoms.